The molecule has 1 fully saturated rings. The van der Waals surface area contributed by atoms with Crippen LogP contribution in [0.3, 0.4) is 0 Å². The van der Waals surface area contributed by atoms with Gasteiger partial charge in [0.25, 0.3) is 5.91 Å². The van der Waals surface area contributed by atoms with Gasteiger partial charge < -0.3 is 19.3 Å². The molecule has 184 valence electrons. The van der Waals surface area contributed by atoms with Gasteiger partial charge in [0.05, 0.1) is 25.1 Å². The van der Waals surface area contributed by atoms with Crippen molar-refractivity contribution in [1.82, 2.24) is 24.9 Å². The number of benzene rings is 2. The second-order valence-corrected chi connectivity index (χ2v) is 8.32. The van der Waals surface area contributed by atoms with Gasteiger partial charge in [0.2, 0.25) is 0 Å². The number of carbonyl (C=O) groups is 1. The van der Waals surface area contributed by atoms with E-state index in [1.807, 2.05) is 66.4 Å². The summed E-state index contributed by atoms with van der Waals surface area (Å²) in [6, 6.07) is 19.2. The number of piperazine rings is 1. The molecule has 1 amide bonds. The first-order chi connectivity index (χ1) is 17.7. The van der Waals surface area contributed by atoms with Gasteiger partial charge in [-0.05, 0) is 43.3 Å². The molecule has 0 radical (unpaired) electrons. The van der Waals surface area contributed by atoms with Gasteiger partial charge in [-0.25, -0.2) is 4.68 Å². The Balaban J connectivity index is 1.42. The summed E-state index contributed by atoms with van der Waals surface area (Å²) in [6.07, 6.45) is 3.39. The molecule has 9 heteroatoms. The quantitative estimate of drug-likeness (QED) is 0.395. The smallest absolute Gasteiger partial charge is 0.276 e. The van der Waals surface area contributed by atoms with Crippen LogP contribution in [-0.2, 0) is 0 Å². The Morgan fingerprint density at radius 3 is 2.50 bits per heavy atom. The maximum absolute atomic E-state index is 13.7. The molecule has 1 aliphatic rings. The average molecular weight is 485 g/mol. The highest BCUT2D eigenvalue weighted by molar-refractivity contribution is 5.98. The number of nitrogens with zero attached hydrogens (tertiary/aromatic N) is 6. The highest BCUT2D eigenvalue weighted by Crippen LogP contribution is 2.30. The van der Waals surface area contributed by atoms with Gasteiger partial charge in [0.1, 0.15) is 17.2 Å². The van der Waals surface area contributed by atoms with E-state index in [0.717, 1.165) is 22.7 Å². The van der Waals surface area contributed by atoms with E-state index in [4.69, 9.17) is 9.47 Å². The van der Waals surface area contributed by atoms with Crippen LogP contribution in [0.4, 0.5) is 5.69 Å². The summed E-state index contributed by atoms with van der Waals surface area (Å²) >= 11 is 0. The molecular weight excluding hydrogens is 456 g/mol. The molecule has 1 saturated heterocycles. The van der Waals surface area contributed by atoms with Gasteiger partial charge in [-0.3, -0.25) is 9.78 Å². The molecule has 0 N–H and O–H groups in total. The molecule has 2 aromatic heterocycles. The summed E-state index contributed by atoms with van der Waals surface area (Å²) in [5.41, 5.74) is 3.55. The minimum absolute atomic E-state index is 0.145. The maximum atomic E-state index is 13.7. The van der Waals surface area contributed by atoms with E-state index in [1.165, 1.54) is 0 Å². The number of aromatic nitrogens is 4. The molecule has 0 spiro atoms. The highest BCUT2D eigenvalue weighted by Gasteiger charge is 2.29. The molecule has 4 aromatic rings. The summed E-state index contributed by atoms with van der Waals surface area (Å²) in [5, 5.41) is 8.71. The van der Waals surface area contributed by atoms with Gasteiger partial charge in [-0.1, -0.05) is 23.4 Å². The van der Waals surface area contributed by atoms with Crippen molar-refractivity contribution < 1.29 is 14.3 Å². The number of para-hydroxylation sites is 2. The van der Waals surface area contributed by atoms with Crippen molar-refractivity contribution in [2.75, 3.05) is 44.8 Å². The van der Waals surface area contributed by atoms with Crippen molar-refractivity contribution in [3.63, 3.8) is 0 Å². The Labute approximate surface area is 209 Å². The van der Waals surface area contributed by atoms with Crippen molar-refractivity contribution in [2.24, 2.45) is 0 Å². The first-order valence-electron chi connectivity index (χ1n) is 12.0. The van der Waals surface area contributed by atoms with E-state index in [9.17, 15) is 4.79 Å². The van der Waals surface area contributed by atoms with Crippen molar-refractivity contribution in [3.05, 3.63) is 78.8 Å². The second-order valence-electron chi connectivity index (χ2n) is 8.32. The number of rotatable bonds is 7. The molecule has 1 aliphatic heterocycles. The monoisotopic (exact) mass is 484 g/mol. The number of hydrogen-bond donors (Lipinski definition) is 0. The lowest BCUT2D eigenvalue weighted by Crippen LogP contribution is -2.49. The van der Waals surface area contributed by atoms with Gasteiger partial charge >= 0.3 is 0 Å². The molecule has 0 saturated carbocycles. The third kappa shape index (κ3) is 4.59. The Bertz CT molecular complexity index is 1330. The lowest BCUT2D eigenvalue weighted by molar-refractivity contribution is 0.0741. The SMILES string of the molecule is CCOc1ccccc1N1CCN(C(=O)c2nnn(-c3cccc(OC)c3)c2-c2ccncc2)CC1. The summed E-state index contributed by atoms with van der Waals surface area (Å²) in [5.74, 6) is 1.41. The molecule has 5 rings (SSSR count). The van der Waals surface area contributed by atoms with E-state index < -0.39 is 0 Å². The number of carbonyl (C=O) groups excluding carboxylic acids is 1. The van der Waals surface area contributed by atoms with Crippen LogP contribution in [0.1, 0.15) is 17.4 Å². The number of hydrogen-bond acceptors (Lipinski definition) is 7. The van der Waals surface area contributed by atoms with Crippen LogP contribution in [0.15, 0.2) is 73.1 Å². The Morgan fingerprint density at radius 2 is 1.75 bits per heavy atom. The molecule has 3 heterocycles. The number of pyridine rings is 1. The lowest BCUT2D eigenvalue weighted by atomic mass is 10.1. The largest absolute Gasteiger partial charge is 0.497 e. The number of amides is 1. The Kier molecular flexibility index (Phi) is 6.79. The highest BCUT2D eigenvalue weighted by atomic mass is 16.5. The first kappa shape index (κ1) is 23.3. The maximum Gasteiger partial charge on any atom is 0.276 e. The van der Waals surface area contributed by atoms with Crippen LogP contribution < -0.4 is 14.4 Å². The minimum Gasteiger partial charge on any atom is -0.497 e. The van der Waals surface area contributed by atoms with Gasteiger partial charge in [0.15, 0.2) is 5.69 Å². The fraction of sp³-hybridized carbons (Fsp3) is 0.259. The van der Waals surface area contributed by atoms with Crippen LogP contribution in [0.2, 0.25) is 0 Å². The number of methoxy groups -OCH3 is 1. The minimum atomic E-state index is -0.145. The molecule has 36 heavy (non-hydrogen) atoms. The van der Waals surface area contributed by atoms with Gasteiger partial charge in [0, 0.05) is 50.2 Å². The zero-order chi connectivity index (χ0) is 24.9. The molecule has 9 nitrogen and oxygen atoms in total. The topological polar surface area (TPSA) is 85.6 Å². The average Bonchev–Trinajstić information content (AvgIpc) is 3.39. The van der Waals surface area contributed by atoms with Gasteiger partial charge in [-0.2, -0.15) is 0 Å². The lowest BCUT2D eigenvalue weighted by Gasteiger charge is -2.36. The molecular formula is C27H28N6O3. The van der Waals surface area contributed by atoms with Crippen LogP contribution >= 0.6 is 0 Å². The normalized spacial score (nSPS) is 13.5. The Morgan fingerprint density at radius 1 is 0.972 bits per heavy atom. The summed E-state index contributed by atoms with van der Waals surface area (Å²) in [6.45, 7) is 5.12. The van der Waals surface area contributed by atoms with E-state index in [-0.39, 0.29) is 5.91 Å². The van der Waals surface area contributed by atoms with Crippen LogP contribution in [0.5, 0.6) is 11.5 Å². The van der Waals surface area contributed by atoms with Crippen LogP contribution in [0.25, 0.3) is 16.9 Å². The fourth-order valence-corrected chi connectivity index (χ4v) is 4.41. The summed E-state index contributed by atoms with van der Waals surface area (Å²) in [4.78, 5) is 21.9. The molecule has 2 aromatic carbocycles. The van der Waals surface area contributed by atoms with Crippen LogP contribution in [-0.4, -0.2) is 70.7 Å². The Hall–Kier alpha value is -4.40. The van der Waals surface area contributed by atoms with Crippen LogP contribution in [0, 0.1) is 0 Å². The van der Waals surface area contributed by atoms with Crippen molar-refractivity contribution in [2.45, 2.75) is 6.92 Å². The molecule has 0 bridgehead atoms. The number of ether oxygens (including phenoxy) is 2. The van der Waals surface area contributed by atoms with Crippen molar-refractivity contribution in [1.29, 1.82) is 0 Å². The molecule has 0 aliphatic carbocycles. The van der Waals surface area contributed by atoms with E-state index in [1.54, 1.807) is 24.2 Å². The molecule has 0 atom stereocenters. The summed E-state index contributed by atoms with van der Waals surface area (Å²) in [7, 11) is 1.62. The zero-order valence-corrected chi connectivity index (χ0v) is 20.4. The predicted octanol–water partition coefficient (Wildman–Crippen LogP) is 3.70. The van der Waals surface area contributed by atoms with E-state index in [2.05, 4.69) is 26.3 Å². The molecule has 0 unspecified atom stereocenters. The zero-order valence-electron chi connectivity index (χ0n) is 20.4. The van der Waals surface area contributed by atoms with E-state index >= 15 is 0 Å². The second kappa shape index (κ2) is 10.5. The van der Waals surface area contributed by atoms with E-state index in [0.29, 0.717) is 49.9 Å². The summed E-state index contributed by atoms with van der Waals surface area (Å²) < 4.78 is 12.9. The number of anilines is 1. The third-order valence-corrected chi connectivity index (χ3v) is 6.20. The van der Waals surface area contributed by atoms with Gasteiger partial charge in [-0.15, -0.1) is 5.10 Å². The fourth-order valence-electron chi connectivity index (χ4n) is 4.41. The van der Waals surface area contributed by atoms with Crippen molar-refractivity contribution in [3.8, 4) is 28.4 Å². The first-order valence-corrected chi connectivity index (χ1v) is 12.0. The third-order valence-electron chi connectivity index (χ3n) is 6.20. The standard InChI is InChI=1S/C27H28N6O3/c1-3-36-24-10-5-4-9-23(24)31-15-17-32(18-16-31)27(34)25-26(20-11-13-28-14-12-20)33(30-29-25)21-7-6-8-22(19-21)35-2/h4-14,19H,3,15-18H2,1-2H3. The van der Waals surface area contributed by atoms with Crippen molar-refractivity contribution >= 4 is 11.6 Å². The predicted molar refractivity (Wildman–Crippen MR) is 137 cm³/mol.